The Morgan fingerprint density at radius 1 is 1.27 bits per heavy atom. The Kier molecular flexibility index (Phi) is 4.55. The van der Waals surface area contributed by atoms with Gasteiger partial charge in [0.05, 0.1) is 6.54 Å². The smallest absolute Gasteiger partial charge is 0.242 e. The number of likely N-dealkylation sites (tertiary alicyclic amines) is 1. The Bertz CT molecular complexity index is 543. The normalized spacial score (nSPS) is 21.6. The molecule has 0 saturated carbocycles. The Morgan fingerprint density at radius 3 is 2.95 bits per heavy atom. The van der Waals surface area contributed by atoms with Crippen LogP contribution in [0.4, 0.5) is 11.4 Å². The number of fused-ring (bicyclic) bond motifs is 1. The van der Waals surface area contributed by atoms with E-state index in [2.05, 4.69) is 22.8 Å². The van der Waals surface area contributed by atoms with E-state index in [0.717, 1.165) is 56.6 Å². The lowest BCUT2D eigenvalue weighted by atomic mass is 9.98. The molecule has 0 aromatic heterocycles. The first-order valence-electron chi connectivity index (χ1n) is 8.62. The summed E-state index contributed by atoms with van der Waals surface area (Å²) in [6, 6.07) is 6.49. The summed E-state index contributed by atoms with van der Waals surface area (Å²) in [5.41, 5.74) is 9.33. The van der Waals surface area contributed by atoms with Crippen LogP contribution in [-0.2, 0) is 11.2 Å². The fourth-order valence-corrected chi connectivity index (χ4v) is 3.90. The highest BCUT2D eigenvalue weighted by molar-refractivity contribution is 5.83. The topological polar surface area (TPSA) is 49.6 Å². The van der Waals surface area contributed by atoms with Gasteiger partial charge in [-0.05, 0) is 56.2 Å². The van der Waals surface area contributed by atoms with Crippen LogP contribution in [0.5, 0.6) is 0 Å². The first-order valence-corrected chi connectivity index (χ1v) is 8.62. The largest absolute Gasteiger partial charge is 0.398 e. The Labute approximate surface area is 133 Å². The highest BCUT2D eigenvalue weighted by Gasteiger charge is 2.28. The van der Waals surface area contributed by atoms with E-state index in [0.29, 0.717) is 12.6 Å². The molecule has 120 valence electrons. The first-order chi connectivity index (χ1) is 10.7. The molecule has 0 bridgehead atoms. The summed E-state index contributed by atoms with van der Waals surface area (Å²) >= 11 is 0. The molecule has 0 aliphatic carbocycles. The van der Waals surface area contributed by atoms with E-state index in [1.54, 1.807) is 0 Å². The maximum absolute atomic E-state index is 12.8. The average Bonchev–Trinajstić information content (AvgIpc) is 2.55. The summed E-state index contributed by atoms with van der Waals surface area (Å²) in [7, 11) is 0. The van der Waals surface area contributed by atoms with Crippen LogP contribution in [0, 0.1) is 0 Å². The van der Waals surface area contributed by atoms with Crippen molar-refractivity contribution in [2.24, 2.45) is 0 Å². The zero-order valence-electron chi connectivity index (χ0n) is 13.6. The SMILES string of the molecule is CCC1CCCCN1C(=O)CN1CCCc2c(N)cccc21. The second-order valence-electron chi connectivity index (χ2n) is 6.52. The number of nitrogens with zero attached hydrogens (tertiary/aromatic N) is 2. The zero-order chi connectivity index (χ0) is 15.5. The molecular weight excluding hydrogens is 274 g/mol. The number of piperidine rings is 1. The molecule has 1 atom stereocenters. The number of hydrogen-bond donors (Lipinski definition) is 1. The lowest BCUT2D eigenvalue weighted by Crippen LogP contribution is -2.48. The number of carbonyl (C=O) groups excluding carboxylic acids is 1. The first kappa shape index (κ1) is 15.2. The van der Waals surface area contributed by atoms with Gasteiger partial charge in [0.2, 0.25) is 5.91 Å². The molecular formula is C18H27N3O. The molecule has 4 nitrogen and oxygen atoms in total. The molecule has 1 unspecified atom stereocenters. The molecule has 2 heterocycles. The number of amides is 1. The van der Waals surface area contributed by atoms with Crippen molar-refractivity contribution in [1.29, 1.82) is 0 Å². The van der Waals surface area contributed by atoms with Gasteiger partial charge in [0.1, 0.15) is 0 Å². The number of nitrogen functional groups attached to an aromatic ring is 1. The summed E-state index contributed by atoms with van der Waals surface area (Å²) in [4.78, 5) is 17.1. The Balaban J connectivity index is 1.74. The van der Waals surface area contributed by atoms with Crippen LogP contribution in [0.3, 0.4) is 0 Å². The van der Waals surface area contributed by atoms with E-state index < -0.39 is 0 Å². The minimum Gasteiger partial charge on any atom is -0.398 e. The molecule has 1 amide bonds. The average molecular weight is 301 g/mol. The Morgan fingerprint density at radius 2 is 2.14 bits per heavy atom. The van der Waals surface area contributed by atoms with Gasteiger partial charge < -0.3 is 15.5 Å². The van der Waals surface area contributed by atoms with Crippen molar-refractivity contribution in [1.82, 2.24) is 4.90 Å². The third kappa shape index (κ3) is 2.92. The van der Waals surface area contributed by atoms with Crippen molar-refractivity contribution < 1.29 is 4.79 Å². The van der Waals surface area contributed by atoms with Crippen molar-refractivity contribution in [3.63, 3.8) is 0 Å². The third-order valence-corrected chi connectivity index (χ3v) is 5.13. The predicted molar refractivity (Wildman–Crippen MR) is 91.0 cm³/mol. The summed E-state index contributed by atoms with van der Waals surface area (Å²) < 4.78 is 0. The summed E-state index contributed by atoms with van der Waals surface area (Å²) in [5.74, 6) is 0.279. The quantitative estimate of drug-likeness (QED) is 0.873. The number of benzene rings is 1. The minimum atomic E-state index is 0.279. The molecule has 0 spiro atoms. The number of hydrogen-bond acceptors (Lipinski definition) is 3. The van der Waals surface area contributed by atoms with Crippen molar-refractivity contribution in [2.75, 3.05) is 30.3 Å². The maximum Gasteiger partial charge on any atom is 0.242 e. The second kappa shape index (κ2) is 6.59. The lowest BCUT2D eigenvalue weighted by molar-refractivity contribution is -0.133. The van der Waals surface area contributed by atoms with Crippen molar-refractivity contribution in [3.05, 3.63) is 23.8 Å². The standard InChI is InChI=1S/C18H27N3O/c1-2-14-7-3-4-12-21(14)18(22)13-20-11-6-8-15-16(19)9-5-10-17(15)20/h5,9-10,14H,2-4,6-8,11-13,19H2,1H3. The monoisotopic (exact) mass is 301 g/mol. The van der Waals surface area contributed by atoms with Gasteiger partial charge in [-0.25, -0.2) is 0 Å². The molecule has 1 fully saturated rings. The molecule has 1 aromatic carbocycles. The number of anilines is 2. The summed E-state index contributed by atoms with van der Waals surface area (Å²) in [6.45, 7) is 4.56. The molecule has 0 radical (unpaired) electrons. The van der Waals surface area contributed by atoms with E-state index in [-0.39, 0.29) is 5.91 Å². The zero-order valence-corrected chi connectivity index (χ0v) is 13.6. The molecule has 22 heavy (non-hydrogen) atoms. The van der Waals surface area contributed by atoms with Gasteiger partial charge in [-0.15, -0.1) is 0 Å². The van der Waals surface area contributed by atoms with Crippen LogP contribution in [0.25, 0.3) is 0 Å². The van der Waals surface area contributed by atoms with Crippen molar-refractivity contribution in [3.8, 4) is 0 Å². The number of rotatable bonds is 3. The molecule has 2 aliphatic rings. The van der Waals surface area contributed by atoms with E-state index in [4.69, 9.17) is 5.73 Å². The number of carbonyl (C=O) groups is 1. The van der Waals surface area contributed by atoms with Crippen LogP contribution >= 0.6 is 0 Å². The van der Waals surface area contributed by atoms with Gasteiger partial charge in [-0.2, -0.15) is 0 Å². The van der Waals surface area contributed by atoms with Crippen LogP contribution in [0.15, 0.2) is 18.2 Å². The van der Waals surface area contributed by atoms with E-state index in [1.807, 2.05) is 12.1 Å². The van der Waals surface area contributed by atoms with Crippen LogP contribution in [-0.4, -0.2) is 36.5 Å². The van der Waals surface area contributed by atoms with Crippen LogP contribution < -0.4 is 10.6 Å². The fourth-order valence-electron chi connectivity index (χ4n) is 3.90. The predicted octanol–water partition coefficient (Wildman–Crippen LogP) is 2.81. The van der Waals surface area contributed by atoms with Gasteiger partial charge in [0, 0.05) is 30.5 Å². The Hall–Kier alpha value is -1.71. The molecule has 1 saturated heterocycles. The van der Waals surface area contributed by atoms with Gasteiger partial charge in [-0.3, -0.25) is 4.79 Å². The molecule has 3 rings (SSSR count). The third-order valence-electron chi connectivity index (χ3n) is 5.13. The minimum absolute atomic E-state index is 0.279. The fraction of sp³-hybridized carbons (Fsp3) is 0.611. The molecule has 4 heteroatoms. The van der Waals surface area contributed by atoms with Gasteiger partial charge in [0.25, 0.3) is 0 Å². The highest BCUT2D eigenvalue weighted by Crippen LogP contribution is 2.31. The van der Waals surface area contributed by atoms with E-state index >= 15 is 0 Å². The van der Waals surface area contributed by atoms with E-state index in [9.17, 15) is 4.79 Å². The van der Waals surface area contributed by atoms with Gasteiger partial charge >= 0.3 is 0 Å². The molecule has 2 aliphatic heterocycles. The van der Waals surface area contributed by atoms with Crippen LogP contribution in [0.1, 0.15) is 44.6 Å². The summed E-state index contributed by atoms with van der Waals surface area (Å²) in [6.07, 6.45) is 6.72. The highest BCUT2D eigenvalue weighted by atomic mass is 16.2. The van der Waals surface area contributed by atoms with Gasteiger partial charge in [0.15, 0.2) is 0 Å². The summed E-state index contributed by atoms with van der Waals surface area (Å²) in [5, 5.41) is 0. The van der Waals surface area contributed by atoms with Gasteiger partial charge in [-0.1, -0.05) is 13.0 Å². The second-order valence-corrected chi connectivity index (χ2v) is 6.52. The number of nitrogens with two attached hydrogens (primary N) is 1. The lowest BCUT2D eigenvalue weighted by Gasteiger charge is -2.38. The van der Waals surface area contributed by atoms with Crippen molar-refractivity contribution >= 4 is 17.3 Å². The van der Waals surface area contributed by atoms with Crippen molar-refractivity contribution in [2.45, 2.75) is 51.5 Å². The van der Waals surface area contributed by atoms with E-state index in [1.165, 1.54) is 12.0 Å². The maximum atomic E-state index is 12.8. The molecule has 2 N–H and O–H groups in total. The van der Waals surface area contributed by atoms with Crippen LogP contribution in [0.2, 0.25) is 0 Å². The molecule has 1 aromatic rings.